The lowest BCUT2D eigenvalue weighted by atomic mass is 9.97. The Labute approximate surface area is 84.7 Å². The normalized spacial score (nSPS) is 18.1. The summed E-state index contributed by atoms with van der Waals surface area (Å²) in [7, 11) is 0. The summed E-state index contributed by atoms with van der Waals surface area (Å²) in [6.07, 6.45) is 3.71. The highest BCUT2D eigenvalue weighted by molar-refractivity contribution is 5.36. The number of benzene rings is 1. The minimum Gasteiger partial charge on any atom is -0.508 e. The molecular weight excluding hydrogens is 174 g/mol. The van der Waals surface area contributed by atoms with E-state index in [0.29, 0.717) is 5.75 Å². The van der Waals surface area contributed by atoms with E-state index in [1.165, 1.54) is 18.4 Å². The summed E-state index contributed by atoms with van der Waals surface area (Å²) in [5, 5.41) is 9.38. The van der Waals surface area contributed by atoms with Crippen LogP contribution in [-0.4, -0.2) is 5.11 Å². The molecule has 0 saturated heterocycles. The summed E-state index contributed by atoms with van der Waals surface area (Å²) in [6.45, 7) is 2.04. The molecule has 76 valence electrons. The molecule has 1 aliphatic rings. The number of phenolic OH excluding ortho intramolecular Hbond substituents is 1. The first kappa shape index (κ1) is 9.53. The molecule has 1 aromatic carbocycles. The first-order valence-electron chi connectivity index (χ1n) is 5.22. The van der Waals surface area contributed by atoms with E-state index in [1.54, 1.807) is 12.1 Å². The van der Waals surface area contributed by atoms with Crippen LogP contribution in [0.15, 0.2) is 18.2 Å². The van der Waals surface area contributed by atoms with Gasteiger partial charge in [0.25, 0.3) is 0 Å². The van der Waals surface area contributed by atoms with Gasteiger partial charge in [0.1, 0.15) is 5.75 Å². The summed E-state index contributed by atoms with van der Waals surface area (Å²) < 4.78 is 0. The van der Waals surface area contributed by atoms with Gasteiger partial charge in [0.15, 0.2) is 0 Å². The van der Waals surface area contributed by atoms with Crippen molar-refractivity contribution in [2.75, 3.05) is 0 Å². The Morgan fingerprint density at radius 2 is 2.21 bits per heavy atom. The van der Waals surface area contributed by atoms with Crippen LogP contribution in [-0.2, 0) is 0 Å². The van der Waals surface area contributed by atoms with Crippen LogP contribution in [0.25, 0.3) is 0 Å². The fourth-order valence-electron chi connectivity index (χ4n) is 1.87. The zero-order valence-electron chi connectivity index (χ0n) is 8.53. The van der Waals surface area contributed by atoms with Crippen molar-refractivity contribution in [3.8, 4) is 5.75 Å². The van der Waals surface area contributed by atoms with Gasteiger partial charge in [-0.2, -0.15) is 0 Å². The van der Waals surface area contributed by atoms with Crippen molar-refractivity contribution in [1.29, 1.82) is 0 Å². The Hall–Kier alpha value is -1.02. The van der Waals surface area contributed by atoms with E-state index in [2.05, 4.69) is 0 Å². The lowest BCUT2D eigenvalue weighted by molar-refractivity contribution is 0.472. The fraction of sp³-hybridized carbons (Fsp3) is 0.500. The third kappa shape index (κ3) is 2.07. The molecule has 3 N–H and O–H groups in total. The van der Waals surface area contributed by atoms with Crippen molar-refractivity contribution in [1.82, 2.24) is 0 Å². The lowest BCUT2D eigenvalue weighted by Gasteiger charge is -2.14. The van der Waals surface area contributed by atoms with E-state index in [9.17, 15) is 5.11 Å². The molecule has 0 aromatic heterocycles. The number of aromatic hydroxyl groups is 1. The zero-order valence-corrected chi connectivity index (χ0v) is 8.53. The smallest absolute Gasteiger partial charge is 0.115 e. The first-order valence-corrected chi connectivity index (χ1v) is 5.22. The molecule has 0 radical (unpaired) electrons. The molecule has 2 nitrogen and oxygen atoms in total. The standard InChI is InChI=1S/C12H17NO/c1-8-2-5-10(14)7-11(8)12(13)6-9-3-4-9/h2,5,7,9,12,14H,3-4,6,13H2,1H3/t12-/m1/s1. The average molecular weight is 191 g/mol. The van der Waals surface area contributed by atoms with Crippen molar-refractivity contribution >= 4 is 0 Å². The van der Waals surface area contributed by atoms with Gasteiger partial charge in [-0.05, 0) is 42.5 Å². The predicted octanol–water partition coefficient (Wildman–Crippen LogP) is 2.50. The highest BCUT2D eigenvalue weighted by atomic mass is 16.3. The molecule has 0 unspecified atom stereocenters. The SMILES string of the molecule is Cc1ccc(O)cc1[C@H](N)CC1CC1. The van der Waals surface area contributed by atoms with Crippen LogP contribution in [0, 0.1) is 12.8 Å². The Balaban J connectivity index is 2.15. The monoisotopic (exact) mass is 191 g/mol. The van der Waals surface area contributed by atoms with Gasteiger partial charge < -0.3 is 10.8 Å². The molecule has 1 fully saturated rings. The topological polar surface area (TPSA) is 46.2 Å². The first-order chi connectivity index (χ1) is 6.66. The van der Waals surface area contributed by atoms with Crippen molar-refractivity contribution < 1.29 is 5.11 Å². The van der Waals surface area contributed by atoms with Crippen molar-refractivity contribution in [3.05, 3.63) is 29.3 Å². The van der Waals surface area contributed by atoms with Gasteiger partial charge in [0.2, 0.25) is 0 Å². The molecule has 0 bridgehead atoms. The van der Waals surface area contributed by atoms with Gasteiger partial charge in [-0.3, -0.25) is 0 Å². The van der Waals surface area contributed by atoms with Crippen LogP contribution < -0.4 is 5.73 Å². The highest BCUT2D eigenvalue weighted by Crippen LogP contribution is 2.37. The summed E-state index contributed by atoms with van der Waals surface area (Å²) in [6, 6.07) is 5.53. The van der Waals surface area contributed by atoms with Gasteiger partial charge in [-0.1, -0.05) is 18.9 Å². The summed E-state index contributed by atoms with van der Waals surface area (Å²) in [4.78, 5) is 0. The minimum atomic E-state index is 0.0922. The fourth-order valence-corrected chi connectivity index (χ4v) is 1.87. The average Bonchev–Trinajstić information content (AvgIpc) is 2.93. The molecule has 0 spiro atoms. The van der Waals surface area contributed by atoms with Crippen molar-refractivity contribution in [2.24, 2.45) is 11.7 Å². The third-order valence-electron chi connectivity index (χ3n) is 2.95. The van der Waals surface area contributed by atoms with Crippen molar-refractivity contribution in [3.63, 3.8) is 0 Å². The third-order valence-corrected chi connectivity index (χ3v) is 2.95. The Bertz CT molecular complexity index is 331. The number of aryl methyl sites for hydroxylation is 1. The molecule has 1 aliphatic carbocycles. The molecule has 1 saturated carbocycles. The maximum Gasteiger partial charge on any atom is 0.115 e. The van der Waals surface area contributed by atoms with Crippen LogP contribution >= 0.6 is 0 Å². The van der Waals surface area contributed by atoms with Crippen molar-refractivity contribution in [2.45, 2.75) is 32.2 Å². The minimum absolute atomic E-state index is 0.0922. The molecule has 0 heterocycles. The second-order valence-electron chi connectivity index (χ2n) is 4.33. The number of hydrogen-bond donors (Lipinski definition) is 2. The molecule has 14 heavy (non-hydrogen) atoms. The predicted molar refractivity (Wildman–Crippen MR) is 57.1 cm³/mol. The largest absolute Gasteiger partial charge is 0.508 e. The second kappa shape index (κ2) is 3.62. The molecule has 1 aromatic rings. The summed E-state index contributed by atoms with van der Waals surface area (Å²) in [5.74, 6) is 1.14. The van der Waals surface area contributed by atoms with Gasteiger partial charge in [0, 0.05) is 6.04 Å². The molecule has 1 atom stereocenters. The molecular formula is C12H17NO. The van der Waals surface area contributed by atoms with Gasteiger partial charge in [-0.25, -0.2) is 0 Å². The van der Waals surface area contributed by atoms with E-state index in [1.807, 2.05) is 13.0 Å². The van der Waals surface area contributed by atoms with Crippen LogP contribution in [0.5, 0.6) is 5.75 Å². The number of phenols is 1. The number of nitrogens with two attached hydrogens (primary N) is 1. The molecule has 2 heteroatoms. The Morgan fingerprint density at radius 3 is 2.86 bits per heavy atom. The van der Waals surface area contributed by atoms with Gasteiger partial charge >= 0.3 is 0 Å². The number of hydrogen-bond acceptors (Lipinski definition) is 2. The highest BCUT2D eigenvalue weighted by Gasteiger charge is 2.25. The lowest BCUT2D eigenvalue weighted by Crippen LogP contribution is -2.12. The zero-order chi connectivity index (χ0) is 10.1. The Morgan fingerprint density at radius 1 is 1.50 bits per heavy atom. The Kier molecular flexibility index (Phi) is 2.46. The van der Waals surface area contributed by atoms with Crippen LogP contribution in [0.4, 0.5) is 0 Å². The van der Waals surface area contributed by atoms with E-state index < -0.39 is 0 Å². The van der Waals surface area contributed by atoms with E-state index in [0.717, 1.165) is 17.9 Å². The maximum atomic E-state index is 9.38. The van der Waals surface area contributed by atoms with E-state index in [4.69, 9.17) is 5.73 Å². The van der Waals surface area contributed by atoms with Gasteiger partial charge in [-0.15, -0.1) is 0 Å². The van der Waals surface area contributed by atoms with Gasteiger partial charge in [0.05, 0.1) is 0 Å². The summed E-state index contributed by atoms with van der Waals surface area (Å²) >= 11 is 0. The molecule has 2 rings (SSSR count). The second-order valence-corrected chi connectivity index (χ2v) is 4.33. The molecule has 0 amide bonds. The van der Waals surface area contributed by atoms with Crippen LogP contribution in [0.3, 0.4) is 0 Å². The number of rotatable bonds is 3. The molecule has 0 aliphatic heterocycles. The van der Waals surface area contributed by atoms with E-state index in [-0.39, 0.29) is 6.04 Å². The quantitative estimate of drug-likeness (QED) is 0.771. The maximum absolute atomic E-state index is 9.38. The summed E-state index contributed by atoms with van der Waals surface area (Å²) in [5.41, 5.74) is 8.37. The van der Waals surface area contributed by atoms with Crippen LogP contribution in [0.1, 0.15) is 36.4 Å². The van der Waals surface area contributed by atoms with Crippen LogP contribution in [0.2, 0.25) is 0 Å². The van der Waals surface area contributed by atoms with E-state index >= 15 is 0 Å².